The summed E-state index contributed by atoms with van der Waals surface area (Å²) in [5, 5.41) is 17.9. The number of hydrogen-bond donors (Lipinski definition) is 8. The van der Waals surface area contributed by atoms with Gasteiger partial charge in [-0.15, -0.1) is 11.8 Å². The van der Waals surface area contributed by atoms with E-state index in [9.17, 15) is 38.4 Å². The minimum Gasteiger partial charge on any atom is -0.389 e. The number of nitrogens with one attached hydrogen (secondary N) is 2. The first-order valence-corrected chi connectivity index (χ1v) is 12.7. The van der Waals surface area contributed by atoms with Crippen LogP contribution in [0.2, 0.25) is 0 Å². The lowest BCUT2D eigenvalue weighted by Crippen LogP contribution is -2.34. The van der Waals surface area contributed by atoms with E-state index in [0.29, 0.717) is 0 Å². The largest absolute Gasteiger partial charge is 0.490 e. The highest BCUT2D eigenvalue weighted by Gasteiger charge is 2.46. The van der Waals surface area contributed by atoms with Crippen LogP contribution in [0.5, 0.6) is 0 Å². The molecule has 6 atom stereocenters. The Hall–Kier alpha value is -0.640. The van der Waals surface area contributed by atoms with Gasteiger partial charge < -0.3 is 34.8 Å². The summed E-state index contributed by atoms with van der Waals surface area (Å²) in [5.41, 5.74) is -1.76. The van der Waals surface area contributed by atoms with Gasteiger partial charge in [0.2, 0.25) is 0 Å². The van der Waals surface area contributed by atoms with Crippen molar-refractivity contribution in [1.82, 2.24) is 9.97 Å². The zero-order valence-corrected chi connectivity index (χ0v) is 17.3. The first kappa shape index (κ1) is 24.6. The molecule has 0 aliphatic carbocycles. The maximum Gasteiger partial charge on any atom is 0.490 e. The molecule has 1 fully saturated rings. The van der Waals surface area contributed by atoms with Crippen LogP contribution in [0.1, 0.15) is 10.8 Å². The molecular weight excluding hydrogens is 485 g/mol. The molecular formula is C9H15N2O14P3S. The Balaban J connectivity index is 2.06. The summed E-state index contributed by atoms with van der Waals surface area (Å²) in [6.45, 7) is -0.857. The predicted octanol–water partition coefficient (Wildman–Crippen LogP) is -1.72. The number of aliphatic hydroxyl groups is 2. The quantitative estimate of drug-likeness (QED) is 0.185. The average molecular weight is 500 g/mol. The van der Waals surface area contributed by atoms with E-state index < -0.39 is 64.0 Å². The monoisotopic (exact) mass is 500 g/mol. The van der Waals surface area contributed by atoms with E-state index in [1.54, 1.807) is 0 Å². The number of aliphatic hydroxyl groups excluding tert-OH is 2. The highest BCUT2D eigenvalue weighted by Crippen LogP contribution is 2.66. The van der Waals surface area contributed by atoms with Gasteiger partial charge in [0.25, 0.3) is 5.56 Å². The summed E-state index contributed by atoms with van der Waals surface area (Å²) in [7, 11) is -16.6. The number of thioether (sulfide) groups is 1. The lowest BCUT2D eigenvalue weighted by Gasteiger charge is -2.19. The lowest BCUT2D eigenvalue weighted by atomic mass is 10.0. The van der Waals surface area contributed by atoms with Gasteiger partial charge in [-0.25, -0.2) is 18.5 Å². The minimum absolute atomic E-state index is 0.109. The van der Waals surface area contributed by atoms with Gasteiger partial charge >= 0.3 is 29.2 Å². The highest BCUT2D eigenvalue weighted by molar-refractivity contribution is 8.00. The summed E-state index contributed by atoms with van der Waals surface area (Å²) in [4.78, 5) is 62.3. The second-order valence-corrected chi connectivity index (χ2v) is 11.3. The number of rotatable bonds is 8. The molecule has 1 saturated heterocycles. The highest BCUT2D eigenvalue weighted by atomic mass is 32.2. The van der Waals surface area contributed by atoms with Crippen molar-refractivity contribution < 1.29 is 56.6 Å². The van der Waals surface area contributed by atoms with Crippen molar-refractivity contribution in [2.45, 2.75) is 22.7 Å². The van der Waals surface area contributed by atoms with Crippen LogP contribution in [-0.4, -0.2) is 63.8 Å². The van der Waals surface area contributed by atoms with Crippen molar-refractivity contribution in [2.24, 2.45) is 0 Å². The smallest absolute Gasteiger partial charge is 0.389 e. The fraction of sp³-hybridized carbons (Fsp3) is 0.556. The Bertz CT molecular complexity index is 1000. The summed E-state index contributed by atoms with van der Waals surface area (Å²) < 4.78 is 45.0. The zero-order chi connectivity index (χ0) is 22.2. The van der Waals surface area contributed by atoms with Gasteiger partial charge in [0, 0.05) is 11.8 Å². The SMILES string of the molecule is O=c1[nH]cc([C@@H]2S[C@H](COP(=O)(O)OP(=O)(O)OP(=O)(O)O)[C@@H](O)[C@H]2O)c(=O)[nH]1. The van der Waals surface area contributed by atoms with Crippen LogP contribution < -0.4 is 11.2 Å². The van der Waals surface area contributed by atoms with E-state index in [2.05, 4.69) is 18.1 Å². The Morgan fingerprint density at radius 2 is 1.62 bits per heavy atom. The average Bonchev–Trinajstić information content (AvgIpc) is 2.78. The second kappa shape index (κ2) is 8.85. The van der Waals surface area contributed by atoms with Gasteiger partial charge in [-0.2, -0.15) is 8.62 Å². The van der Waals surface area contributed by atoms with Crippen molar-refractivity contribution in [3.8, 4) is 0 Å². The van der Waals surface area contributed by atoms with Gasteiger partial charge in [0.1, 0.15) is 0 Å². The van der Waals surface area contributed by atoms with Crippen molar-refractivity contribution in [3.05, 3.63) is 32.6 Å². The molecule has 1 aliphatic heterocycles. The molecule has 2 unspecified atom stereocenters. The van der Waals surface area contributed by atoms with Crippen LogP contribution in [0.3, 0.4) is 0 Å². The molecule has 8 N–H and O–H groups in total. The minimum atomic E-state index is -5.69. The van der Waals surface area contributed by atoms with Gasteiger partial charge in [-0.1, -0.05) is 0 Å². The van der Waals surface area contributed by atoms with E-state index in [0.717, 1.165) is 18.0 Å². The molecule has 29 heavy (non-hydrogen) atoms. The number of aromatic amines is 2. The summed E-state index contributed by atoms with van der Waals surface area (Å²) >= 11 is 0.727. The van der Waals surface area contributed by atoms with E-state index >= 15 is 0 Å². The van der Waals surface area contributed by atoms with Gasteiger partial charge in [-0.05, 0) is 0 Å². The third-order valence-electron chi connectivity index (χ3n) is 3.33. The number of phosphoric ester groups is 1. The van der Waals surface area contributed by atoms with Crippen LogP contribution >= 0.6 is 35.2 Å². The normalized spacial score (nSPS) is 29.3. The predicted molar refractivity (Wildman–Crippen MR) is 93.6 cm³/mol. The molecule has 0 saturated carbocycles. The Kier molecular flexibility index (Phi) is 7.51. The molecule has 0 amide bonds. The Morgan fingerprint density at radius 1 is 1.00 bits per heavy atom. The lowest BCUT2D eigenvalue weighted by molar-refractivity contribution is 0.0193. The Morgan fingerprint density at radius 3 is 2.17 bits per heavy atom. The van der Waals surface area contributed by atoms with Crippen molar-refractivity contribution in [3.63, 3.8) is 0 Å². The van der Waals surface area contributed by atoms with Crippen LogP contribution in [-0.2, 0) is 26.8 Å². The van der Waals surface area contributed by atoms with Crippen LogP contribution in [0, 0.1) is 0 Å². The van der Waals surface area contributed by atoms with Crippen molar-refractivity contribution in [2.75, 3.05) is 6.61 Å². The third kappa shape index (κ3) is 6.94. The first-order valence-electron chi connectivity index (χ1n) is 7.22. The number of H-pyrrole nitrogens is 2. The molecule has 1 aromatic heterocycles. The standard InChI is InChI=1S/C9H15N2O14P3S/c12-5-4(2-23-27(19,20)25-28(21,22)24-26(16,17)18)29-7(6(5)13)3-1-10-9(15)11-8(3)14/h1,4-7,12-13H,2H2,(H,19,20)(H,21,22)(H2,16,17,18)(H2,10,11,14,15)/t4-,5-,6-,7+/m1/s1. The molecule has 1 aromatic rings. The molecule has 20 heteroatoms. The molecule has 0 radical (unpaired) electrons. The first-order chi connectivity index (χ1) is 13.1. The van der Waals surface area contributed by atoms with Crippen molar-refractivity contribution in [1.29, 1.82) is 0 Å². The number of hydrogen-bond acceptors (Lipinski definition) is 11. The van der Waals surface area contributed by atoms with Gasteiger partial charge in [0.05, 0.1) is 29.3 Å². The van der Waals surface area contributed by atoms with E-state index in [1.807, 2.05) is 4.98 Å². The molecule has 16 nitrogen and oxygen atoms in total. The van der Waals surface area contributed by atoms with Crippen molar-refractivity contribution >= 4 is 35.2 Å². The molecule has 166 valence electrons. The molecule has 2 rings (SSSR count). The number of phosphoric acid groups is 3. The van der Waals surface area contributed by atoms with E-state index in [4.69, 9.17) is 14.7 Å². The van der Waals surface area contributed by atoms with Gasteiger partial charge in [-0.3, -0.25) is 14.3 Å². The fourth-order valence-electron chi connectivity index (χ4n) is 2.25. The molecule has 0 aromatic carbocycles. The summed E-state index contributed by atoms with van der Waals surface area (Å²) in [6.07, 6.45) is -2.13. The van der Waals surface area contributed by atoms with E-state index in [1.165, 1.54) is 0 Å². The maximum atomic E-state index is 11.8. The topological polar surface area (TPSA) is 266 Å². The fourth-order valence-corrected chi connectivity index (χ4v) is 6.88. The van der Waals surface area contributed by atoms with Gasteiger partial charge in [0.15, 0.2) is 0 Å². The van der Waals surface area contributed by atoms with Crippen LogP contribution in [0.15, 0.2) is 15.8 Å². The second-order valence-electron chi connectivity index (χ2n) is 5.49. The molecule has 0 spiro atoms. The van der Waals surface area contributed by atoms with Crippen LogP contribution in [0.25, 0.3) is 0 Å². The molecule has 0 bridgehead atoms. The molecule has 2 heterocycles. The molecule has 1 aliphatic rings. The van der Waals surface area contributed by atoms with Crippen LogP contribution in [0.4, 0.5) is 0 Å². The number of aromatic nitrogens is 2. The maximum absolute atomic E-state index is 11.8. The summed E-state index contributed by atoms with van der Waals surface area (Å²) in [5.74, 6) is 0. The summed E-state index contributed by atoms with van der Waals surface area (Å²) in [6, 6.07) is 0. The van der Waals surface area contributed by atoms with E-state index in [-0.39, 0.29) is 5.56 Å². The third-order valence-corrected chi connectivity index (χ3v) is 8.73. The zero-order valence-electron chi connectivity index (χ0n) is 13.8. The Labute approximate surface area is 164 Å².